The molecule has 2 rings (SSSR count). The van der Waals surface area contributed by atoms with Gasteiger partial charge in [-0.15, -0.1) is 0 Å². The minimum absolute atomic E-state index is 0.0244. The molecule has 0 bridgehead atoms. The summed E-state index contributed by atoms with van der Waals surface area (Å²) < 4.78 is 1.71. The van der Waals surface area contributed by atoms with E-state index in [-0.39, 0.29) is 5.78 Å². The Morgan fingerprint density at radius 2 is 2.11 bits per heavy atom. The fourth-order valence-corrected chi connectivity index (χ4v) is 1.88. The number of aromatic nitrogens is 2. The summed E-state index contributed by atoms with van der Waals surface area (Å²) in [5.41, 5.74) is 3.85. The van der Waals surface area contributed by atoms with Gasteiger partial charge in [0, 0.05) is 24.4 Å². The van der Waals surface area contributed by atoms with Crippen LogP contribution in [0.2, 0.25) is 0 Å². The molecule has 0 saturated heterocycles. The van der Waals surface area contributed by atoms with Crippen LogP contribution in [0.1, 0.15) is 27.0 Å². The predicted octanol–water partition coefficient (Wildman–Crippen LogP) is 2.93. The highest BCUT2D eigenvalue weighted by Gasteiger charge is 2.05. The molecule has 0 aliphatic carbocycles. The first-order valence-corrected chi connectivity index (χ1v) is 5.84. The molecule has 1 heterocycles. The van der Waals surface area contributed by atoms with E-state index in [4.69, 9.17) is 0 Å². The van der Waals surface area contributed by atoms with E-state index in [1.54, 1.807) is 23.0 Å². The van der Waals surface area contributed by atoms with Gasteiger partial charge in [0.1, 0.15) is 0 Å². The lowest BCUT2D eigenvalue weighted by Crippen LogP contribution is -1.97. The second-order valence-electron chi connectivity index (χ2n) is 4.46. The first-order valence-electron chi connectivity index (χ1n) is 5.84. The van der Waals surface area contributed by atoms with E-state index in [1.807, 2.05) is 45.3 Å². The maximum Gasteiger partial charge on any atom is 0.186 e. The number of ketones is 1. The van der Waals surface area contributed by atoms with Crippen molar-refractivity contribution in [3.8, 4) is 0 Å². The number of hydrogen-bond acceptors (Lipinski definition) is 2. The molecule has 0 N–H and O–H groups in total. The molecule has 1 aromatic carbocycles. The van der Waals surface area contributed by atoms with Crippen molar-refractivity contribution in [1.82, 2.24) is 9.78 Å². The monoisotopic (exact) mass is 240 g/mol. The highest BCUT2D eigenvalue weighted by atomic mass is 16.1. The molecule has 0 saturated carbocycles. The molecule has 0 atom stereocenters. The molecule has 18 heavy (non-hydrogen) atoms. The molecular formula is C15H16N2O. The smallest absolute Gasteiger partial charge is 0.186 e. The van der Waals surface area contributed by atoms with Gasteiger partial charge in [0.15, 0.2) is 5.78 Å². The second-order valence-corrected chi connectivity index (χ2v) is 4.46. The lowest BCUT2D eigenvalue weighted by atomic mass is 10.0. The number of rotatable bonds is 3. The largest absolute Gasteiger partial charge is 0.289 e. The van der Waals surface area contributed by atoms with E-state index in [9.17, 15) is 4.79 Å². The Morgan fingerprint density at radius 3 is 2.72 bits per heavy atom. The maximum absolute atomic E-state index is 12.0. The molecule has 0 spiro atoms. The standard InChI is InChI=1S/C15H16N2O/c1-11-4-6-14(12(2)8-11)15(18)7-5-13-9-16-17(3)10-13/h4-10H,1-3H3/b7-5+. The predicted molar refractivity (Wildman–Crippen MR) is 72.5 cm³/mol. The Bertz CT molecular complexity index is 609. The van der Waals surface area contributed by atoms with Gasteiger partial charge in [-0.2, -0.15) is 5.10 Å². The minimum Gasteiger partial charge on any atom is -0.289 e. The van der Waals surface area contributed by atoms with Crippen LogP contribution >= 0.6 is 0 Å². The fourth-order valence-electron chi connectivity index (χ4n) is 1.88. The fraction of sp³-hybridized carbons (Fsp3) is 0.200. The number of nitrogens with zero attached hydrogens (tertiary/aromatic N) is 2. The van der Waals surface area contributed by atoms with Crippen molar-refractivity contribution in [2.45, 2.75) is 13.8 Å². The Balaban J connectivity index is 2.19. The molecule has 0 amide bonds. The van der Waals surface area contributed by atoms with Crippen molar-refractivity contribution in [2.75, 3.05) is 0 Å². The molecular weight excluding hydrogens is 224 g/mol. The summed E-state index contributed by atoms with van der Waals surface area (Å²) in [5.74, 6) is 0.0244. The van der Waals surface area contributed by atoms with Crippen LogP contribution in [0.25, 0.3) is 6.08 Å². The van der Waals surface area contributed by atoms with Gasteiger partial charge in [0.2, 0.25) is 0 Å². The highest BCUT2D eigenvalue weighted by molar-refractivity contribution is 6.07. The van der Waals surface area contributed by atoms with E-state index < -0.39 is 0 Å². The molecule has 1 aromatic heterocycles. The molecule has 2 aromatic rings. The zero-order valence-corrected chi connectivity index (χ0v) is 10.8. The third-order valence-electron chi connectivity index (χ3n) is 2.80. The molecule has 92 valence electrons. The van der Waals surface area contributed by atoms with Gasteiger partial charge in [0.25, 0.3) is 0 Å². The number of hydrogen-bond donors (Lipinski definition) is 0. The van der Waals surface area contributed by atoms with Crippen molar-refractivity contribution < 1.29 is 4.79 Å². The SMILES string of the molecule is Cc1ccc(C(=O)/C=C/c2cnn(C)c2)c(C)c1. The van der Waals surface area contributed by atoms with Crippen LogP contribution in [0.4, 0.5) is 0 Å². The van der Waals surface area contributed by atoms with Crippen molar-refractivity contribution in [1.29, 1.82) is 0 Å². The zero-order valence-electron chi connectivity index (χ0n) is 10.8. The summed E-state index contributed by atoms with van der Waals surface area (Å²) in [6.45, 7) is 3.98. The van der Waals surface area contributed by atoms with Crippen LogP contribution in [-0.2, 0) is 7.05 Å². The van der Waals surface area contributed by atoms with Crippen LogP contribution in [-0.4, -0.2) is 15.6 Å². The van der Waals surface area contributed by atoms with Gasteiger partial charge >= 0.3 is 0 Å². The van der Waals surface area contributed by atoms with E-state index in [0.717, 1.165) is 16.7 Å². The average molecular weight is 240 g/mol. The first kappa shape index (κ1) is 12.3. The summed E-state index contributed by atoms with van der Waals surface area (Å²) in [4.78, 5) is 12.0. The van der Waals surface area contributed by atoms with E-state index >= 15 is 0 Å². The number of benzene rings is 1. The van der Waals surface area contributed by atoms with Gasteiger partial charge < -0.3 is 0 Å². The van der Waals surface area contributed by atoms with Crippen molar-refractivity contribution in [3.05, 3.63) is 58.9 Å². The molecule has 0 fully saturated rings. The normalized spacial score (nSPS) is 11.1. The van der Waals surface area contributed by atoms with Gasteiger partial charge in [-0.25, -0.2) is 0 Å². The van der Waals surface area contributed by atoms with Gasteiger partial charge in [-0.1, -0.05) is 23.8 Å². The zero-order chi connectivity index (χ0) is 13.1. The lowest BCUT2D eigenvalue weighted by Gasteiger charge is -2.02. The second kappa shape index (κ2) is 5.00. The number of allylic oxidation sites excluding steroid dienone is 1. The summed E-state index contributed by atoms with van der Waals surface area (Å²) in [7, 11) is 1.85. The molecule has 0 unspecified atom stereocenters. The Hall–Kier alpha value is -2.16. The topological polar surface area (TPSA) is 34.9 Å². The van der Waals surface area contributed by atoms with Gasteiger partial charge in [-0.3, -0.25) is 9.48 Å². The Morgan fingerprint density at radius 1 is 1.33 bits per heavy atom. The maximum atomic E-state index is 12.0. The first-order chi connectivity index (χ1) is 8.56. The summed E-state index contributed by atoms with van der Waals surface area (Å²) >= 11 is 0. The molecule has 0 aliphatic heterocycles. The Labute approximate surface area is 107 Å². The lowest BCUT2D eigenvalue weighted by molar-refractivity contribution is 0.104. The van der Waals surface area contributed by atoms with Crippen LogP contribution < -0.4 is 0 Å². The van der Waals surface area contributed by atoms with E-state index in [2.05, 4.69) is 5.10 Å². The van der Waals surface area contributed by atoms with E-state index in [1.165, 1.54) is 5.56 Å². The van der Waals surface area contributed by atoms with Gasteiger partial charge in [0.05, 0.1) is 6.20 Å². The molecule has 3 heteroatoms. The van der Waals surface area contributed by atoms with Crippen LogP contribution in [0, 0.1) is 13.8 Å². The van der Waals surface area contributed by atoms with Gasteiger partial charge in [-0.05, 0) is 31.6 Å². The van der Waals surface area contributed by atoms with Crippen molar-refractivity contribution >= 4 is 11.9 Å². The van der Waals surface area contributed by atoms with Crippen LogP contribution in [0.5, 0.6) is 0 Å². The molecule has 3 nitrogen and oxygen atoms in total. The third kappa shape index (κ3) is 2.74. The molecule has 0 radical (unpaired) electrons. The summed E-state index contributed by atoms with van der Waals surface area (Å²) in [6, 6.07) is 5.85. The highest BCUT2D eigenvalue weighted by Crippen LogP contribution is 2.12. The third-order valence-corrected chi connectivity index (χ3v) is 2.80. The summed E-state index contributed by atoms with van der Waals surface area (Å²) in [5, 5.41) is 4.05. The van der Waals surface area contributed by atoms with E-state index in [0.29, 0.717) is 0 Å². The van der Waals surface area contributed by atoms with Crippen LogP contribution in [0.3, 0.4) is 0 Å². The quantitative estimate of drug-likeness (QED) is 0.610. The average Bonchev–Trinajstić information content (AvgIpc) is 2.72. The number of aryl methyl sites for hydroxylation is 3. The van der Waals surface area contributed by atoms with Crippen molar-refractivity contribution in [3.63, 3.8) is 0 Å². The minimum atomic E-state index is 0.0244. The number of carbonyl (C=O) groups excluding carboxylic acids is 1. The van der Waals surface area contributed by atoms with Crippen molar-refractivity contribution in [2.24, 2.45) is 7.05 Å². The molecule has 0 aliphatic rings. The van der Waals surface area contributed by atoms with Crippen LogP contribution in [0.15, 0.2) is 36.7 Å². The summed E-state index contributed by atoms with van der Waals surface area (Å²) in [6.07, 6.45) is 6.97. The number of carbonyl (C=O) groups is 1. The Kier molecular flexibility index (Phi) is 3.42.